The van der Waals surface area contributed by atoms with Crippen LogP contribution in [0.5, 0.6) is 5.75 Å². The summed E-state index contributed by atoms with van der Waals surface area (Å²) in [6.45, 7) is 2.35. The predicted molar refractivity (Wildman–Crippen MR) is 126 cm³/mol. The number of aliphatic hydroxyl groups is 1. The lowest BCUT2D eigenvalue weighted by molar-refractivity contribution is 0.0428. The standard InChI is InChI=1S/C23H26Cl2N4O3/c1-28(23(31)22-18-4-2-3-5-21(18)26-27-22)13-15(30)14-29-10-8-16(9-11-29)32-17-6-7-19(24)20(25)12-17/h2-7,12,15-16,30H,8-11,13-14H2,1H3,(H,26,27)/t15-/m1/s1. The number of halogens is 2. The van der Waals surface area contributed by atoms with E-state index >= 15 is 0 Å². The number of nitrogens with one attached hydrogen (secondary N) is 1. The van der Waals surface area contributed by atoms with Gasteiger partial charge in [0.2, 0.25) is 0 Å². The molecule has 7 nitrogen and oxygen atoms in total. The highest BCUT2D eigenvalue weighted by Crippen LogP contribution is 2.28. The molecule has 170 valence electrons. The third-order valence-electron chi connectivity index (χ3n) is 5.70. The molecule has 1 atom stereocenters. The molecule has 0 radical (unpaired) electrons. The van der Waals surface area contributed by atoms with Gasteiger partial charge < -0.3 is 19.6 Å². The Bertz CT molecular complexity index is 1080. The average molecular weight is 477 g/mol. The van der Waals surface area contributed by atoms with Crippen molar-refractivity contribution in [2.45, 2.75) is 25.0 Å². The highest BCUT2D eigenvalue weighted by molar-refractivity contribution is 6.42. The van der Waals surface area contributed by atoms with Crippen LogP contribution in [0.15, 0.2) is 42.5 Å². The molecule has 0 spiro atoms. The zero-order chi connectivity index (χ0) is 22.7. The van der Waals surface area contributed by atoms with Crippen LogP contribution in [0.4, 0.5) is 0 Å². The minimum Gasteiger partial charge on any atom is -0.490 e. The summed E-state index contributed by atoms with van der Waals surface area (Å²) in [5.74, 6) is 0.499. The summed E-state index contributed by atoms with van der Waals surface area (Å²) in [7, 11) is 1.69. The quantitative estimate of drug-likeness (QED) is 0.541. The summed E-state index contributed by atoms with van der Waals surface area (Å²) in [5.41, 5.74) is 1.19. The summed E-state index contributed by atoms with van der Waals surface area (Å²) in [6.07, 6.45) is 1.14. The van der Waals surface area contributed by atoms with E-state index in [4.69, 9.17) is 27.9 Å². The third-order valence-corrected chi connectivity index (χ3v) is 6.44. The van der Waals surface area contributed by atoms with Crippen molar-refractivity contribution in [2.24, 2.45) is 0 Å². The normalized spacial score (nSPS) is 16.2. The third kappa shape index (κ3) is 5.35. The molecule has 0 aliphatic carbocycles. The van der Waals surface area contributed by atoms with E-state index in [9.17, 15) is 9.90 Å². The number of ether oxygens (including phenoxy) is 1. The first-order chi connectivity index (χ1) is 15.4. The van der Waals surface area contributed by atoms with Gasteiger partial charge in [-0.15, -0.1) is 0 Å². The number of piperidine rings is 1. The van der Waals surface area contributed by atoms with Gasteiger partial charge >= 0.3 is 0 Å². The predicted octanol–water partition coefficient (Wildman–Crippen LogP) is 3.85. The second-order valence-electron chi connectivity index (χ2n) is 8.15. The first-order valence-corrected chi connectivity index (χ1v) is 11.4. The maximum absolute atomic E-state index is 12.8. The summed E-state index contributed by atoms with van der Waals surface area (Å²) in [4.78, 5) is 16.5. The lowest BCUT2D eigenvalue weighted by Crippen LogP contribution is -2.45. The van der Waals surface area contributed by atoms with Crippen molar-refractivity contribution in [3.8, 4) is 5.75 Å². The van der Waals surface area contributed by atoms with Crippen LogP contribution in [0.2, 0.25) is 10.0 Å². The molecule has 2 aromatic carbocycles. The lowest BCUT2D eigenvalue weighted by Gasteiger charge is -2.34. The van der Waals surface area contributed by atoms with Gasteiger partial charge in [0.25, 0.3) is 5.91 Å². The van der Waals surface area contributed by atoms with Gasteiger partial charge in [-0.3, -0.25) is 9.89 Å². The number of rotatable bonds is 7. The van der Waals surface area contributed by atoms with Crippen molar-refractivity contribution < 1.29 is 14.6 Å². The van der Waals surface area contributed by atoms with Crippen molar-refractivity contribution in [1.82, 2.24) is 20.0 Å². The molecule has 2 N–H and O–H groups in total. The minimum atomic E-state index is -0.651. The smallest absolute Gasteiger partial charge is 0.274 e. The molecular formula is C23H26Cl2N4O3. The first kappa shape index (κ1) is 22.9. The van der Waals surface area contributed by atoms with E-state index in [1.807, 2.05) is 30.3 Å². The fraction of sp³-hybridized carbons (Fsp3) is 0.391. The number of nitrogens with zero attached hydrogens (tertiary/aromatic N) is 3. The second-order valence-corrected chi connectivity index (χ2v) is 8.97. The van der Waals surface area contributed by atoms with Crippen LogP contribution in [0.1, 0.15) is 23.3 Å². The molecular weight excluding hydrogens is 451 g/mol. The van der Waals surface area contributed by atoms with Crippen molar-refractivity contribution in [1.29, 1.82) is 0 Å². The molecule has 4 rings (SSSR count). The van der Waals surface area contributed by atoms with Gasteiger partial charge in [0.05, 0.1) is 21.7 Å². The van der Waals surface area contributed by atoms with E-state index in [1.165, 1.54) is 4.90 Å². The number of β-amino-alcohol motifs (C(OH)–C–C–N with tert-alkyl or cyclic N) is 1. The zero-order valence-electron chi connectivity index (χ0n) is 17.8. The minimum absolute atomic E-state index is 0.0952. The Morgan fingerprint density at radius 3 is 2.75 bits per heavy atom. The maximum atomic E-state index is 12.8. The number of aromatic amines is 1. The number of carbonyl (C=O) groups excluding carboxylic acids is 1. The SMILES string of the molecule is CN(C[C@@H](O)CN1CCC(Oc2ccc(Cl)c(Cl)c2)CC1)C(=O)c1n[nH]c2ccccc12. The molecule has 1 saturated heterocycles. The highest BCUT2D eigenvalue weighted by Gasteiger charge is 2.25. The van der Waals surface area contributed by atoms with Crippen LogP contribution in [0, 0.1) is 0 Å². The first-order valence-electron chi connectivity index (χ1n) is 10.6. The molecule has 0 unspecified atom stereocenters. The number of benzene rings is 2. The largest absolute Gasteiger partial charge is 0.490 e. The number of carbonyl (C=O) groups is 1. The molecule has 32 heavy (non-hydrogen) atoms. The Labute approximate surface area is 196 Å². The van der Waals surface area contributed by atoms with Crippen molar-refractivity contribution >= 4 is 40.0 Å². The Balaban J connectivity index is 1.24. The Kier molecular flexibility index (Phi) is 7.20. The van der Waals surface area contributed by atoms with E-state index in [2.05, 4.69) is 15.1 Å². The number of likely N-dealkylation sites (N-methyl/N-ethyl adjacent to an activating group) is 1. The van der Waals surface area contributed by atoms with E-state index in [0.29, 0.717) is 28.0 Å². The van der Waals surface area contributed by atoms with Gasteiger partial charge in [0.15, 0.2) is 5.69 Å². The number of hydrogen-bond acceptors (Lipinski definition) is 5. The molecule has 0 saturated carbocycles. The van der Waals surface area contributed by atoms with Gasteiger partial charge in [0.1, 0.15) is 11.9 Å². The number of likely N-dealkylation sites (tertiary alicyclic amines) is 1. The number of fused-ring (bicyclic) bond motifs is 1. The zero-order valence-corrected chi connectivity index (χ0v) is 19.3. The molecule has 0 bridgehead atoms. The van der Waals surface area contributed by atoms with Gasteiger partial charge in [-0.25, -0.2) is 0 Å². The highest BCUT2D eigenvalue weighted by atomic mass is 35.5. The van der Waals surface area contributed by atoms with Gasteiger partial charge in [-0.05, 0) is 31.0 Å². The number of aliphatic hydroxyl groups excluding tert-OH is 1. The van der Waals surface area contributed by atoms with Crippen LogP contribution < -0.4 is 4.74 Å². The Morgan fingerprint density at radius 1 is 1.25 bits per heavy atom. The molecule has 2 heterocycles. The van der Waals surface area contributed by atoms with E-state index < -0.39 is 6.10 Å². The molecule has 1 aliphatic rings. The van der Waals surface area contributed by atoms with Crippen LogP contribution in [-0.2, 0) is 0 Å². The molecule has 1 fully saturated rings. The molecule has 3 aromatic rings. The van der Waals surface area contributed by atoms with Crippen molar-refractivity contribution in [2.75, 3.05) is 33.2 Å². The van der Waals surface area contributed by atoms with Crippen LogP contribution >= 0.6 is 23.2 Å². The number of aromatic nitrogens is 2. The summed E-state index contributed by atoms with van der Waals surface area (Å²) in [5, 5.41) is 19.4. The number of H-pyrrole nitrogens is 1. The number of para-hydroxylation sites is 1. The second kappa shape index (κ2) is 10.1. The monoisotopic (exact) mass is 476 g/mol. The van der Waals surface area contributed by atoms with Crippen molar-refractivity contribution in [3.63, 3.8) is 0 Å². The molecule has 1 aliphatic heterocycles. The van der Waals surface area contributed by atoms with Gasteiger partial charge in [-0.1, -0.05) is 41.4 Å². The molecule has 1 aromatic heterocycles. The molecule has 1 amide bonds. The maximum Gasteiger partial charge on any atom is 0.274 e. The summed E-state index contributed by atoms with van der Waals surface area (Å²) < 4.78 is 6.02. The summed E-state index contributed by atoms with van der Waals surface area (Å²) >= 11 is 12.0. The summed E-state index contributed by atoms with van der Waals surface area (Å²) in [6, 6.07) is 12.8. The fourth-order valence-corrected chi connectivity index (χ4v) is 4.30. The number of hydrogen-bond donors (Lipinski definition) is 2. The van der Waals surface area contributed by atoms with Crippen LogP contribution in [-0.4, -0.2) is 76.4 Å². The van der Waals surface area contributed by atoms with Gasteiger partial charge in [0, 0.05) is 44.7 Å². The number of amides is 1. The van der Waals surface area contributed by atoms with Crippen LogP contribution in [0.25, 0.3) is 10.9 Å². The fourth-order valence-electron chi connectivity index (χ4n) is 4.01. The Hall–Kier alpha value is -2.32. The van der Waals surface area contributed by atoms with Crippen molar-refractivity contribution in [3.05, 3.63) is 58.2 Å². The van der Waals surface area contributed by atoms with E-state index in [-0.39, 0.29) is 18.6 Å². The van der Waals surface area contributed by atoms with Gasteiger partial charge in [-0.2, -0.15) is 5.10 Å². The average Bonchev–Trinajstić information content (AvgIpc) is 3.21. The van der Waals surface area contributed by atoms with E-state index in [1.54, 1.807) is 19.2 Å². The van der Waals surface area contributed by atoms with Crippen LogP contribution in [0.3, 0.4) is 0 Å². The topological polar surface area (TPSA) is 81.7 Å². The Morgan fingerprint density at radius 2 is 2.00 bits per heavy atom. The molecule has 9 heteroatoms. The van der Waals surface area contributed by atoms with E-state index in [0.717, 1.165) is 36.8 Å². The lowest BCUT2D eigenvalue weighted by atomic mass is 10.1.